The minimum atomic E-state index is -3.47. The molecule has 2 aromatic heterocycles. The SMILES string of the molecule is Cc1nc(S(C)(=O)=O)ccc1Oc1ncnc(OC2CCN(C(=O)SC(C)C)CC2)c1F. The first-order valence-electron chi connectivity index (χ1n) is 10.0. The van der Waals surface area contributed by atoms with Crippen molar-refractivity contribution in [3.05, 3.63) is 30.0 Å². The molecule has 1 aliphatic heterocycles. The van der Waals surface area contributed by atoms with Crippen LogP contribution in [0.15, 0.2) is 23.5 Å². The molecule has 1 saturated heterocycles. The van der Waals surface area contributed by atoms with E-state index in [1.54, 1.807) is 11.8 Å². The first-order chi connectivity index (χ1) is 15.0. The van der Waals surface area contributed by atoms with Crippen LogP contribution < -0.4 is 9.47 Å². The van der Waals surface area contributed by atoms with Crippen LogP contribution in [0.25, 0.3) is 0 Å². The van der Waals surface area contributed by atoms with Crippen LogP contribution in [0, 0.1) is 12.7 Å². The van der Waals surface area contributed by atoms with Crippen molar-refractivity contribution >= 4 is 26.8 Å². The van der Waals surface area contributed by atoms with Crippen LogP contribution in [0.4, 0.5) is 9.18 Å². The van der Waals surface area contributed by atoms with Gasteiger partial charge in [-0.05, 0) is 19.1 Å². The van der Waals surface area contributed by atoms with E-state index in [4.69, 9.17) is 9.47 Å². The van der Waals surface area contributed by atoms with Gasteiger partial charge in [0.25, 0.3) is 17.0 Å². The molecule has 32 heavy (non-hydrogen) atoms. The van der Waals surface area contributed by atoms with Crippen molar-refractivity contribution in [3.8, 4) is 17.5 Å². The molecule has 1 fully saturated rings. The van der Waals surface area contributed by atoms with Crippen molar-refractivity contribution < 1.29 is 27.1 Å². The topological polar surface area (TPSA) is 112 Å². The largest absolute Gasteiger partial charge is 0.472 e. The summed E-state index contributed by atoms with van der Waals surface area (Å²) in [4.78, 5) is 25.6. The van der Waals surface area contributed by atoms with Crippen LogP contribution in [0.5, 0.6) is 17.5 Å². The first kappa shape index (κ1) is 24.2. The van der Waals surface area contributed by atoms with Crippen molar-refractivity contribution in [1.29, 1.82) is 0 Å². The van der Waals surface area contributed by atoms with E-state index < -0.39 is 15.7 Å². The molecular formula is C20H25FN4O5S2. The van der Waals surface area contributed by atoms with Gasteiger partial charge in [0.05, 0.1) is 5.69 Å². The maximum Gasteiger partial charge on any atom is 0.281 e. The highest BCUT2D eigenvalue weighted by Gasteiger charge is 2.27. The average Bonchev–Trinajstić information content (AvgIpc) is 2.71. The lowest BCUT2D eigenvalue weighted by atomic mass is 10.1. The third-order valence-electron chi connectivity index (χ3n) is 4.64. The monoisotopic (exact) mass is 484 g/mol. The van der Waals surface area contributed by atoms with Gasteiger partial charge >= 0.3 is 0 Å². The standard InChI is InChI=1S/C20H25FN4O5S2/c1-12(2)31-20(26)25-9-7-14(8-10-25)29-18-17(21)19(23-11-22-18)30-15-5-6-16(24-13(15)3)32(4,27)28/h5-6,11-12,14H,7-10H2,1-4H3. The molecule has 12 heteroatoms. The summed E-state index contributed by atoms with van der Waals surface area (Å²) in [6.45, 7) is 6.53. The molecule has 174 valence electrons. The van der Waals surface area contributed by atoms with Crippen LogP contribution in [0.1, 0.15) is 32.4 Å². The zero-order valence-electron chi connectivity index (χ0n) is 18.2. The predicted molar refractivity (Wildman–Crippen MR) is 117 cm³/mol. The summed E-state index contributed by atoms with van der Waals surface area (Å²) >= 11 is 1.29. The molecule has 0 N–H and O–H groups in total. The summed E-state index contributed by atoms with van der Waals surface area (Å²) in [5.41, 5.74) is 0.268. The van der Waals surface area contributed by atoms with Gasteiger partial charge in [-0.15, -0.1) is 0 Å². The number of carbonyl (C=O) groups excluding carboxylic acids is 1. The Kier molecular flexibility index (Phi) is 7.55. The zero-order chi connectivity index (χ0) is 23.5. The number of carbonyl (C=O) groups is 1. The number of pyridine rings is 1. The number of thioether (sulfide) groups is 1. The van der Waals surface area contributed by atoms with E-state index in [1.807, 2.05) is 13.8 Å². The van der Waals surface area contributed by atoms with Crippen molar-refractivity contribution in [3.63, 3.8) is 0 Å². The predicted octanol–water partition coefficient (Wildman–Crippen LogP) is 3.62. The normalized spacial score (nSPS) is 15.1. The van der Waals surface area contributed by atoms with Gasteiger partial charge in [-0.25, -0.2) is 13.4 Å². The Morgan fingerprint density at radius 2 is 1.88 bits per heavy atom. The third kappa shape index (κ3) is 6.06. The minimum Gasteiger partial charge on any atom is -0.472 e. The van der Waals surface area contributed by atoms with Crippen molar-refractivity contribution in [2.45, 2.75) is 50.0 Å². The maximum atomic E-state index is 14.9. The van der Waals surface area contributed by atoms with Gasteiger partial charge < -0.3 is 14.4 Å². The van der Waals surface area contributed by atoms with Gasteiger partial charge in [0, 0.05) is 37.4 Å². The van der Waals surface area contributed by atoms with E-state index in [0.29, 0.717) is 25.9 Å². The Morgan fingerprint density at radius 1 is 1.22 bits per heavy atom. The highest BCUT2D eigenvalue weighted by molar-refractivity contribution is 8.14. The second-order valence-corrected chi connectivity index (χ2v) is 11.1. The molecule has 0 unspecified atom stereocenters. The number of hydrogen-bond acceptors (Lipinski definition) is 9. The number of aromatic nitrogens is 3. The molecule has 0 spiro atoms. The quantitative estimate of drug-likeness (QED) is 0.607. The van der Waals surface area contributed by atoms with Gasteiger partial charge in [-0.2, -0.15) is 14.4 Å². The van der Waals surface area contributed by atoms with Crippen LogP contribution >= 0.6 is 11.8 Å². The Balaban J connectivity index is 1.66. The maximum absolute atomic E-state index is 14.9. The van der Waals surface area contributed by atoms with E-state index in [-0.39, 0.29) is 44.8 Å². The lowest BCUT2D eigenvalue weighted by Crippen LogP contribution is -2.40. The molecular weight excluding hydrogens is 459 g/mol. The van der Waals surface area contributed by atoms with E-state index in [1.165, 1.54) is 23.9 Å². The molecule has 1 aliphatic rings. The second-order valence-electron chi connectivity index (χ2n) is 7.64. The molecule has 2 aromatic rings. The lowest BCUT2D eigenvalue weighted by Gasteiger charge is -2.32. The molecule has 1 amide bonds. The number of hydrogen-bond donors (Lipinski definition) is 0. The van der Waals surface area contributed by atoms with Gasteiger partial charge in [0.1, 0.15) is 12.4 Å². The smallest absolute Gasteiger partial charge is 0.281 e. The molecule has 0 bridgehead atoms. The molecule has 0 saturated carbocycles. The molecule has 3 rings (SSSR count). The molecule has 3 heterocycles. The molecule has 0 aliphatic carbocycles. The summed E-state index contributed by atoms with van der Waals surface area (Å²) in [6, 6.07) is 2.67. The fraction of sp³-hybridized carbons (Fsp3) is 0.500. The number of halogens is 1. The highest BCUT2D eigenvalue weighted by atomic mass is 32.2. The molecule has 0 atom stereocenters. The Bertz CT molecular complexity index is 1090. The van der Waals surface area contributed by atoms with Gasteiger partial charge in [-0.3, -0.25) is 4.79 Å². The fourth-order valence-electron chi connectivity index (χ4n) is 3.03. The summed E-state index contributed by atoms with van der Waals surface area (Å²) in [7, 11) is -3.47. The summed E-state index contributed by atoms with van der Waals surface area (Å²) in [6.07, 6.45) is 2.99. The number of piperidine rings is 1. The van der Waals surface area contributed by atoms with Gasteiger partial charge in [0.2, 0.25) is 5.82 Å². The first-order valence-corrected chi connectivity index (χ1v) is 12.8. The van der Waals surface area contributed by atoms with Crippen molar-refractivity contribution in [1.82, 2.24) is 19.9 Å². The second kappa shape index (κ2) is 9.99. The number of amides is 1. The van der Waals surface area contributed by atoms with Crippen LogP contribution in [-0.4, -0.2) is 64.2 Å². The minimum absolute atomic E-state index is 0.0354. The van der Waals surface area contributed by atoms with Crippen LogP contribution in [-0.2, 0) is 9.84 Å². The van der Waals surface area contributed by atoms with Gasteiger partial charge in [0.15, 0.2) is 20.6 Å². The van der Waals surface area contributed by atoms with E-state index >= 15 is 0 Å². The number of likely N-dealkylation sites (tertiary alicyclic amines) is 1. The van der Waals surface area contributed by atoms with Crippen molar-refractivity contribution in [2.75, 3.05) is 19.3 Å². The molecule has 0 aromatic carbocycles. The van der Waals surface area contributed by atoms with Crippen molar-refractivity contribution in [2.24, 2.45) is 0 Å². The number of sulfone groups is 1. The zero-order valence-corrected chi connectivity index (χ0v) is 19.9. The van der Waals surface area contributed by atoms with E-state index in [0.717, 1.165) is 12.6 Å². The summed E-state index contributed by atoms with van der Waals surface area (Å²) in [5.74, 6) is -1.30. The Labute approximate surface area is 190 Å². The van der Waals surface area contributed by atoms with Crippen LogP contribution in [0.3, 0.4) is 0 Å². The van der Waals surface area contributed by atoms with Crippen LogP contribution in [0.2, 0.25) is 0 Å². The number of rotatable bonds is 6. The molecule has 0 radical (unpaired) electrons. The average molecular weight is 485 g/mol. The lowest BCUT2D eigenvalue weighted by molar-refractivity contribution is 0.109. The number of aryl methyl sites for hydroxylation is 1. The Hall–Kier alpha value is -2.47. The summed E-state index contributed by atoms with van der Waals surface area (Å²) in [5, 5.41) is 0.144. The number of ether oxygens (including phenoxy) is 2. The highest BCUT2D eigenvalue weighted by Crippen LogP contribution is 2.30. The molecule has 9 nitrogen and oxygen atoms in total. The van der Waals surface area contributed by atoms with E-state index in [2.05, 4.69) is 15.0 Å². The Morgan fingerprint density at radius 3 is 2.47 bits per heavy atom. The number of nitrogens with zero attached hydrogens (tertiary/aromatic N) is 4. The fourth-order valence-corrected chi connectivity index (χ4v) is 4.38. The van der Waals surface area contributed by atoms with Gasteiger partial charge in [-0.1, -0.05) is 25.6 Å². The van der Waals surface area contributed by atoms with E-state index in [9.17, 15) is 17.6 Å². The summed E-state index contributed by atoms with van der Waals surface area (Å²) < 4.78 is 49.4. The third-order valence-corrected chi connectivity index (χ3v) is 6.56.